The van der Waals surface area contributed by atoms with Crippen LogP contribution in [-0.2, 0) is 11.3 Å². The van der Waals surface area contributed by atoms with Crippen molar-refractivity contribution in [1.82, 2.24) is 20.1 Å². The highest BCUT2D eigenvalue weighted by atomic mass is 32.2. The van der Waals surface area contributed by atoms with E-state index in [1.807, 2.05) is 60.0 Å². The fourth-order valence-electron chi connectivity index (χ4n) is 3.82. The highest BCUT2D eigenvalue weighted by molar-refractivity contribution is 7.99. The van der Waals surface area contributed by atoms with Gasteiger partial charge in [0, 0.05) is 0 Å². The molecular formula is C26H23FN4O3S. The summed E-state index contributed by atoms with van der Waals surface area (Å²) in [6.45, 7) is 2.57. The quantitative estimate of drug-likeness (QED) is 0.357. The van der Waals surface area contributed by atoms with Gasteiger partial charge in [-0.05, 0) is 42.3 Å². The minimum atomic E-state index is -0.374. The maximum Gasteiger partial charge on any atom is 0.231 e. The second-order valence-electron chi connectivity index (χ2n) is 8.05. The Bertz CT molecular complexity index is 1350. The lowest BCUT2D eigenvalue weighted by Gasteiger charge is -2.15. The number of aromatic nitrogens is 3. The number of ether oxygens (including phenoxy) is 2. The molecule has 1 atom stereocenters. The molecule has 1 aromatic heterocycles. The van der Waals surface area contributed by atoms with Crippen molar-refractivity contribution in [3.63, 3.8) is 0 Å². The van der Waals surface area contributed by atoms with Crippen molar-refractivity contribution in [1.29, 1.82) is 0 Å². The molecule has 0 unspecified atom stereocenters. The summed E-state index contributed by atoms with van der Waals surface area (Å²) < 4.78 is 27.1. The summed E-state index contributed by atoms with van der Waals surface area (Å²) >= 11 is 1.26. The number of fused-ring (bicyclic) bond motifs is 1. The number of halogens is 1. The molecule has 0 saturated carbocycles. The summed E-state index contributed by atoms with van der Waals surface area (Å²) in [6.07, 6.45) is 0. The molecule has 1 N–H and O–H groups in total. The molecule has 1 aliphatic rings. The van der Waals surface area contributed by atoms with E-state index in [1.54, 1.807) is 18.2 Å². The van der Waals surface area contributed by atoms with Gasteiger partial charge in [-0.2, -0.15) is 0 Å². The van der Waals surface area contributed by atoms with Crippen LogP contribution in [0.2, 0.25) is 0 Å². The van der Waals surface area contributed by atoms with Crippen LogP contribution in [0.4, 0.5) is 4.39 Å². The van der Waals surface area contributed by atoms with Crippen LogP contribution in [0.5, 0.6) is 11.5 Å². The van der Waals surface area contributed by atoms with E-state index in [2.05, 4.69) is 15.5 Å². The molecule has 0 aliphatic carbocycles. The fourth-order valence-corrected chi connectivity index (χ4v) is 4.57. The van der Waals surface area contributed by atoms with Crippen LogP contribution in [0, 0.1) is 5.82 Å². The number of carbonyl (C=O) groups is 1. The van der Waals surface area contributed by atoms with Gasteiger partial charge in [0.1, 0.15) is 5.82 Å². The Morgan fingerprint density at radius 2 is 1.83 bits per heavy atom. The van der Waals surface area contributed by atoms with Crippen LogP contribution >= 0.6 is 11.8 Å². The minimum absolute atomic E-state index is 0.138. The number of nitrogens with zero attached hydrogens (tertiary/aromatic N) is 3. The zero-order valence-corrected chi connectivity index (χ0v) is 19.8. The molecule has 2 heterocycles. The van der Waals surface area contributed by atoms with E-state index in [4.69, 9.17) is 9.47 Å². The van der Waals surface area contributed by atoms with Gasteiger partial charge in [-0.1, -0.05) is 60.3 Å². The summed E-state index contributed by atoms with van der Waals surface area (Å²) in [4.78, 5) is 12.7. The molecule has 5 rings (SSSR count). The van der Waals surface area contributed by atoms with E-state index >= 15 is 0 Å². The first kappa shape index (κ1) is 22.9. The van der Waals surface area contributed by atoms with Gasteiger partial charge in [0.15, 0.2) is 22.5 Å². The van der Waals surface area contributed by atoms with Gasteiger partial charge < -0.3 is 14.8 Å². The first-order valence-electron chi connectivity index (χ1n) is 11.1. The molecule has 0 spiro atoms. The first-order chi connectivity index (χ1) is 17.1. The smallest absolute Gasteiger partial charge is 0.231 e. The number of nitrogens with one attached hydrogen (secondary N) is 1. The highest BCUT2D eigenvalue weighted by Crippen LogP contribution is 2.34. The number of hydrogen-bond acceptors (Lipinski definition) is 6. The maximum atomic E-state index is 14.5. The zero-order valence-electron chi connectivity index (χ0n) is 19.0. The number of thioether (sulfide) groups is 1. The fraction of sp³-hybridized carbons (Fsp3) is 0.192. The third kappa shape index (κ3) is 5.14. The summed E-state index contributed by atoms with van der Waals surface area (Å²) in [5.41, 5.74) is 2.30. The Morgan fingerprint density at radius 1 is 1.06 bits per heavy atom. The number of amides is 1. The topological polar surface area (TPSA) is 78.3 Å². The Labute approximate surface area is 206 Å². The van der Waals surface area contributed by atoms with Crippen molar-refractivity contribution in [2.24, 2.45) is 0 Å². The molecule has 1 amide bonds. The second kappa shape index (κ2) is 10.2. The predicted molar refractivity (Wildman–Crippen MR) is 131 cm³/mol. The van der Waals surface area contributed by atoms with Crippen LogP contribution in [0.1, 0.15) is 24.1 Å². The van der Waals surface area contributed by atoms with Crippen LogP contribution in [-0.4, -0.2) is 33.2 Å². The number of rotatable bonds is 8. The lowest BCUT2D eigenvalue weighted by atomic mass is 10.1. The third-order valence-corrected chi connectivity index (χ3v) is 6.59. The summed E-state index contributed by atoms with van der Waals surface area (Å²) in [6, 6.07) is 21.7. The highest BCUT2D eigenvalue weighted by Gasteiger charge is 2.20. The lowest BCUT2D eigenvalue weighted by molar-refractivity contribution is -0.119. The normalized spacial score (nSPS) is 13.0. The molecule has 9 heteroatoms. The van der Waals surface area contributed by atoms with E-state index in [0.717, 1.165) is 11.1 Å². The molecule has 4 aromatic rings. The zero-order chi connectivity index (χ0) is 24.2. The Kier molecular flexibility index (Phi) is 6.67. The van der Waals surface area contributed by atoms with E-state index in [-0.39, 0.29) is 30.3 Å². The Balaban J connectivity index is 1.31. The molecule has 1 aliphatic heterocycles. The van der Waals surface area contributed by atoms with Crippen molar-refractivity contribution < 1.29 is 18.7 Å². The van der Waals surface area contributed by atoms with E-state index in [0.29, 0.717) is 34.6 Å². The molecule has 0 radical (unpaired) electrons. The molecule has 0 fully saturated rings. The van der Waals surface area contributed by atoms with Gasteiger partial charge in [-0.25, -0.2) is 4.39 Å². The van der Waals surface area contributed by atoms with Crippen LogP contribution in [0.25, 0.3) is 11.4 Å². The predicted octanol–water partition coefficient (Wildman–Crippen LogP) is 4.83. The van der Waals surface area contributed by atoms with Gasteiger partial charge in [0.25, 0.3) is 0 Å². The van der Waals surface area contributed by atoms with Crippen molar-refractivity contribution >= 4 is 17.7 Å². The van der Waals surface area contributed by atoms with Crippen LogP contribution in [0.15, 0.2) is 78.0 Å². The molecular weight excluding hydrogens is 467 g/mol. The van der Waals surface area contributed by atoms with E-state index in [9.17, 15) is 9.18 Å². The van der Waals surface area contributed by atoms with Crippen molar-refractivity contribution in [2.45, 2.75) is 24.7 Å². The van der Waals surface area contributed by atoms with Gasteiger partial charge in [-0.3, -0.25) is 9.36 Å². The molecule has 0 saturated heterocycles. The molecule has 0 bridgehead atoms. The van der Waals surface area contributed by atoms with Crippen molar-refractivity contribution in [3.05, 3.63) is 89.7 Å². The molecule has 3 aromatic carbocycles. The summed E-state index contributed by atoms with van der Waals surface area (Å²) in [7, 11) is 0. The van der Waals surface area contributed by atoms with Crippen molar-refractivity contribution in [3.8, 4) is 22.9 Å². The van der Waals surface area contributed by atoms with Crippen molar-refractivity contribution in [2.75, 3.05) is 12.5 Å². The maximum absolute atomic E-state index is 14.5. The third-order valence-electron chi connectivity index (χ3n) is 5.62. The SMILES string of the molecule is C[C@H](NC(=O)CSc1nnc(-c2ccccc2F)n1Cc1ccccc1)c1ccc2c(c1)OCO2. The molecule has 7 nitrogen and oxygen atoms in total. The number of hydrogen-bond donors (Lipinski definition) is 1. The Hall–Kier alpha value is -3.85. The monoisotopic (exact) mass is 490 g/mol. The van der Waals surface area contributed by atoms with Gasteiger partial charge in [0.05, 0.1) is 23.9 Å². The molecule has 35 heavy (non-hydrogen) atoms. The van der Waals surface area contributed by atoms with Gasteiger partial charge in [0.2, 0.25) is 12.7 Å². The summed E-state index contributed by atoms with van der Waals surface area (Å²) in [5.74, 6) is 1.41. The second-order valence-corrected chi connectivity index (χ2v) is 8.99. The molecule has 178 valence electrons. The average Bonchev–Trinajstić information content (AvgIpc) is 3.50. The van der Waals surface area contributed by atoms with Crippen LogP contribution in [0.3, 0.4) is 0 Å². The van der Waals surface area contributed by atoms with Gasteiger partial charge in [-0.15, -0.1) is 10.2 Å². The van der Waals surface area contributed by atoms with E-state index in [1.165, 1.54) is 17.8 Å². The standard InChI is InChI=1S/C26H23FN4O3S/c1-17(19-11-12-22-23(13-19)34-16-33-22)28-24(32)15-35-26-30-29-25(20-9-5-6-10-21(20)27)31(26)14-18-7-3-2-4-8-18/h2-13,17H,14-16H2,1H3,(H,28,32)/t17-/m0/s1. The number of carbonyl (C=O) groups excluding carboxylic acids is 1. The van der Waals surface area contributed by atoms with Crippen LogP contribution < -0.4 is 14.8 Å². The lowest BCUT2D eigenvalue weighted by Crippen LogP contribution is -2.28. The average molecular weight is 491 g/mol. The van der Waals surface area contributed by atoms with Gasteiger partial charge >= 0.3 is 0 Å². The summed E-state index contributed by atoms with van der Waals surface area (Å²) in [5, 5.41) is 12.1. The Morgan fingerprint density at radius 3 is 2.66 bits per heavy atom. The van der Waals surface area contributed by atoms with E-state index < -0.39 is 0 Å². The number of benzene rings is 3. The minimum Gasteiger partial charge on any atom is -0.454 e. The largest absolute Gasteiger partial charge is 0.454 e. The first-order valence-corrected chi connectivity index (χ1v) is 12.1.